The summed E-state index contributed by atoms with van der Waals surface area (Å²) in [6.07, 6.45) is -3.61. The van der Waals surface area contributed by atoms with E-state index in [0.29, 0.717) is 42.0 Å². The van der Waals surface area contributed by atoms with Gasteiger partial charge in [-0.2, -0.15) is 13.2 Å². The number of rotatable bonds is 3. The fourth-order valence-electron chi connectivity index (χ4n) is 2.91. The number of phenolic OH excluding ortho intramolecular Hbond substituents is 1. The van der Waals surface area contributed by atoms with E-state index in [9.17, 15) is 23.1 Å². The van der Waals surface area contributed by atoms with E-state index in [1.54, 1.807) is 4.90 Å². The molecule has 0 unspecified atom stereocenters. The van der Waals surface area contributed by atoms with Crippen LogP contribution in [0.5, 0.6) is 11.5 Å². The third-order valence-electron chi connectivity index (χ3n) is 4.46. The summed E-state index contributed by atoms with van der Waals surface area (Å²) in [6, 6.07) is 5.32. The standard InChI is InChI=1S/C18H17BrF3N3O3/c1-28-14-9-11(8-13(19)16(14)26)17(27)25-6-4-24(5-7-25)15-3-2-12(10-23-15)18(20,21)22/h2-3,8-10,26H,4-7H2,1H3. The van der Waals surface area contributed by atoms with Gasteiger partial charge in [-0.3, -0.25) is 4.79 Å². The fraction of sp³-hybridized carbons (Fsp3) is 0.333. The number of carbonyl (C=O) groups excluding carboxylic acids is 1. The van der Waals surface area contributed by atoms with E-state index in [0.717, 1.165) is 12.3 Å². The molecule has 1 amide bonds. The van der Waals surface area contributed by atoms with Crippen molar-refractivity contribution < 1.29 is 27.8 Å². The van der Waals surface area contributed by atoms with Gasteiger partial charge in [-0.15, -0.1) is 0 Å². The van der Waals surface area contributed by atoms with Gasteiger partial charge in [-0.1, -0.05) is 0 Å². The predicted octanol–water partition coefficient (Wildman–Crippen LogP) is 3.54. The Labute approximate surface area is 167 Å². The van der Waals surface area contributed by atoms with E-state index in [-0.39, 0.29) is 17.4 Å². The molecule has 1 saturated heterocycles. The van der Waals surface area contributed by atoms with E-state index >= 15 is 0 Å². The third-order valence-corrected chi connectivity index (χ3v) is 5.07. The minimum Gasteiger partial charge on any atom is -0.503 e. The van der Waals surface area contributed by atoms with Crippen LogP contribution >= 0.6 is 15.9 Å². The molecule has 28 heavy (non-hydrogen) atoms. The monoisotopic (exact) mass is 459 g/mol. The number of methoxy groups -OCH3 is 1. The number of benzene rings is 1. The van der Waals surface area contributed by atoms with Gasteiger partial charge in [0.05, 0.1) is 17.1 Å². The van der Waals surface area contributed by atoms with E-state index in [1.165, 1.54) is 25.3 Å². The molecule has 2 heterocycles. The van der Waals surface area contributed by atoms with Crippen LogP contribution in [-0.4, -0.2) is 54.2 Å². The highest BCUT2D eigenvalue weighted by molar-refractivity contribution is 9.10. The smallest absolute Gasteiger partial charge is 0.417 e. The summed E-state index contributed by atoms with van der Waals surface area (Å²) in [5, 5.41) is 9.86. The molecule has 1 N–H and O–H groups in total. The summed E-state index contributed by atoms with van der Waals surface area (Å²) in [5.41, 5.74) is -0.431. The molecule has 6 nitrogen and oxygen atoms in total. The number of nitrogens with zero attached hydrogens (tertiary/aromatic N) is 3. The molecule has 0 radical (unpaired) electrons. The van der Waals surface area contributed by atoms with Crippen LogP contribution in [0.15, 0.2) is 34.9 Å². The third kappa shape index (κ3) is 4.16. The lowest BCUT2D eigenvalue weighted by Gasteiger charge is -2.35. The second-order valence-corrected chi connectivity index (χ2v) is 7.05. The van der Waals surface area contributed by atoms with Crippen molar-refractivity contribution in [1.82, 2.24) is 9.88 Å². The van der Waals surface area contributed by atoms with E-state index in [1.807, 2.05) is 4.90 Å². The first-order valence-electron chi connectivity index (χ1n) is 8.34. The van der Waals surface area contributed by atoms with Crippen molar-refractivity contribution in [2.45, 2.75) is 6.18 Å². The van der Waals surface area contributed by atoms with Crippen LogP contribution in [0.4, 0.5) is 19.0 Å². The predicted molar refractivity (Wildman–Crippen MR) is 99.7 cm³/mol. The molecule has 1 aromatic carbocycles. The summed E-state index contributed by atoms with van der Waals surface area (Å²) >= 11 is 3.19. The van der Waals surface area contributed by atoms with Crippen LogP contribution in [0.25, 0.3) is 0 Å². The number of hydrogen-bond donors (Lipinski definition) is 1. The average Bonchev–Trinajstić information content (AvgIpc) is 2.69. The summed E-state index contributed by atoms with van der Waals surface area (Å²) in [7, 11) is 1.39. The number of aromatic nitrogens is 1. The van der Waals surface area contributed by atoms with Gasteiger partial charge in [0.25, 0.3) is 5.91 Å². The molecule has 1 aliphatic rings. The summed E-state index contributed by atoms with van der Waals surface area (Å²) < 4.78 is 43.3. The lowest BCUT2D eigenvalue weighted by atomic mass is 10.1. The van der Waals surface area contributed by atoms with Gasteiger partial charge >= 0.3 is 6.18 Å². The van der Waals surface area contributed by atoms with Crippen molar-refractivity contribution in [3.63, 3.8) is 0 Å². The number of aromatic hydroxyl groups is 1. The molecule has 0 atom stereocenters. The van der Waals surface area contributed by atoms with Crippen molar-refractivity contribution >= 4 is 27.7 Å². The van der Waals surface area contributed by atoms with Crippen molar-refractivity contribution in [2.75, 3.05) is 38.2 Å². The second kappa shape index (κ2) is 7.86. The molecule has 150 valence electrons. The van der Waals surface area contributed by atoms with E-state index < -0.39 is 11.7 Å². The van der Waals surface area contributed by atoms with Crippen molar-refractivity contribution in [3.8, 4) is 11.5 Å². The second-order valence-electron chi connectivity index (χ2n) is 6.19. The van der Waals surface area contributed by atoms with Gasteiger partial charge in [-0.25, -0.2) is 4.98 Å². The normalized spacial score (nSPS) is 14.9. The summed E-state index contributed by atoms with van der Waals surface area (Å²) in [6.45, 7) is 1.67. The van der Waals surface area contributed by atoms with Gasteiger partial charge in [0, 0.05) is 37.9 Å². The van der Waals surface area contributed by atoms with Crippen LogP contribution in [0.1, 0.15) is 15.9 Å². The first kappa shape index (κ1) is 20.2. The zero-order valence-corrected chi connectivity index (χ0v) is 16.4. The van der Waals surface area contributed by atoms with Crippen molar-refractivity contribution in [2.24, 2.45) is 0 Å². The minimum atomic E-state index is -4.42. The average molecular weight is 460 g/mol. The Bertz CT molecular complexity index is 867. The molecule has 1 aliphatic heterocycles. The Hall–Kier alpha value is -2.49. The Kier molecular flexibility index (Phi) is 5.69. The molecular weight excluding hydrogens is 443 g/mol. The Balaban J connectivity index is 1.67. The van der Waals surface area contributed by atoms with Crippen LogP contribution < -0.4 is 9.64 Å². The Morgan fingerprint density at radius 1 is 1.21 bits per heavy atom. The SMILES string of the molecule is COc1cc(C(=O)N2CCN(c3ccc(C(F)(F)F)cn3)CC2)cc(Br)c1O. The molecule has 0 bridgehead atoms. The van der Waals surface area contributed by atoms with Gasteiger partial charge in [0.2, 0.25) is 0 Å². The van der Waals surface area contributed by atoms with Gasteiger partial charge in [-0.05, 0) is 40.2 Å². The van der Waals surface area contributed by atoms with Gasteiger partial charge < -0.3 is 19.6 Å². The largest absolute Gasteiger partial charge is 0.503 e. The number of anilines is 1. The van der Waals surface area contributed by atoms with Crippen LogP contribution in [0.2, 0.25) is 0 Å². The molecule has 0 aliphatic carbocycles. The molecule has 10 heteroatoms. The van der Waals surface area contributed by atoms with Crippen molar-refractivity contribution in [3.05, 3.63) is 46.1 Å². The first-order valence-corrected chi connectivity index (χ1v) is 9.14. The maximum atomic E-state index is 12.7. The van der Waals surface area contributed by atoms with Crippen LogP contribution in [-0.2, 0) is 6.18 Å². The zero-order chi connectivity index (χ0) is 20.5. The zero-order valence-electron chi connectivity index (χ0n) is 14.8. The van der Waals surface area contributed by atoms with Gasteiger partial charge in [0.1, 0.15) is 5.82 Å². The highest BCUT2D eigenvalue weighted by atomic mass is 79.9. The number of ether oxygens (including phenoxy) is 1. The fourth-order valence-corrected chi connectivity index (χ4v) is 3.36. The highest BCUT2D eigenvalue weighted by Gasteiger charge is 2.31. The highest BCUT2D eigenvalue weighted by Crippen LogP contribution is 2.35. The Morgan fingerprint density at radius 2 is 1.89 bits per heavy atom. The maximum Gasteiger partial charge on any atom is 0.417 e. The van der Waals surface area contributed by atoms with E-state index in [2.05, 4.69) is 20.9 Å². The first-order chi connectivity index (χ1) is 13.2. The molecular formula is C18H17BrF3N3O3. The topological polar surface area (TPSA) is 65.9 Å². The number of amides is 1. The Morgan fingerprint density at radius 3 is 2.43 bits per heavy atom. The lowest BCUT2D eigenvalue weighted by molar-refractivity contribution is -0.137. The molecule has 0 saturated carbocycles. The maximum absolute atomic E-state index is 12.7. The molecule has 3 rings (SSSR count). The van der Waals surface area contributed by atoms with Crippen LogP contribution in [0.3, 0.4) is 0 Å². The van der Waals surface area contributed by atoms with Gasteiger partial charge in [0.15, 0.2) is 11.5 Å². The molecule has 1 fully saturated rings. The number of pyridine rings is 1. The molecule has 0 spiro atoms. The number of piperazine rings is 1. The number of hydrogen-bond acceptors (Lipinski definition) is 5. The summed E-state index contributed by atoms with van der Waals surface area (Å²) in [5.74, 6) is 0.315. The van der Waals surface area contributed by atoms with E-state index in [4.69, 9.17) is 4.74 Å². The number of phenols is 1. The quantitative estimate of drug-likeness (QED) is 0.760. The number of carbonyl (C=O) groups is 1. The summed E-state index contributed by atoms with van der Waals surface area (Å²) in [4.78, 5) is 20.1. The van der Waals surface area contributed by atoms with Crippen LogP contribution in [0, 0.1) is 0 Å². The molecule has 1 aromatic heterocycles. The van der Waals surface area contributed by atoms with Crippen molar-refractivity contribution in [1.29, 1.82) is 0 Å². The number of halogens is 4. The lowest BCUT2D eigenvalue weighted by Crippen LogP contribution is -2.49. The minimum absolute atomic E-state index is 0.0859. The number of alkyl halides is 3. The molecule has 2 aromatic rings.